The first-order valence-corrected chi connectivity index (χ1v) is 14.4. The number of aromatic nitrogens is 5. The second-order valence-electron chi connectivity index (χ2n) is 10.9. The summed E-state index contributed by atoms with van der Waals surface area (Å²) >= 11 is 0. The van der Waals surface area contributed by atoms with Crippen molar-refractivity contribution in [3.63, 3.8) is 0 Å². The van der Waals surface area contributed by atoms with Gasteiger partial charge in [-0.25, -0.2) is 9.97 Å². The van der Waals surface area contributed by atoms with E-state index < -0.39 is 0 Å². The zero-order valence-corrected chi connectivity index (χ0v) is 23.2. The van der Waals surface area contributed by atoms with Crippen molar-refractivity contribution in [2.45, 2.75) is 0 Å². The van der Waals surface area contributed by atoms with E-state index in [9.17, 15) is 0 Å². The predicted octanol–water partition coefficient (Wildman–Crippen LogP) is 9.08. The zero-order chi connectivity index (χ0) is 28.3. The molecule has 0 unspecified atom stereocenters. The fourth-order valence-corrected chi connectivity index (χ4v) is 6.20. The molecule has 43 heavy (non-hydrogen) atoms. The molecule has 0 N–H and O–H groups in total. The summed E-state index contributed by atoms with van der Waals surface area (Å²) < 4.78 is 6.48. The summed E-state index contributed by atoms with van der Waals surface area (Å²) in [5.41, 5.74) is 11.9. The Hall–Kier alpha value is -5.94. The second kappa shape index (κ2) is 9.29. The van der Waals surface area contributed by atoms with Crippen LogP contribution in [0.1, 0.15) is 0 Å². The largest absolute Gasteiger partial charge is 0.309 e. The number of rotatable bonds is 4. The first-order chi connectivity index (χ1) is 21.3. The normalized spacial score (nSPS) is 11.7. The lowest BCUT2D eigenvalue weighted by Crippen LogP contribution is -1.93. The molecule has 5 heterocycles. The van der Waals surface area contributed by atoms with Crippen molar-refractivity contribution >= 4 is 33.1 Å². The van der Waals surface area contributed by atoms with Crippen LogP contribution in [-0.4, -0.2) is 23.3 Å². The number of para-hydroxylation sites is 1. The molecule has 0 aliphatic rings. The van der Waals surface area contributed by atoms with E-state index in [1.54, 1.807) is 0 Å². The van der Waals surface area contributed by atoms with E-state index in [1.807, 2.05) is 48.8 Å². The van der Waals surface area contributed by atoms with Gasteiger partial charge in [-0.15, -0.1) is 0 Å². The summed E-state index contributed by atoms with van der Waals surface area (Å²) in [5, 5.41) is 2.42. The molecule has 0 saturated heterocycles. The molecule has 0 spiro atoms. The van der Waals surface area contributed by atoms with E-state index in [2.05, 4.69) is 117 Å². The number of hydrogen-bond acceptors (Lipinski definition) is 2. The van der Waals surface area contributed by atoms with Gasteiger partial charge >= 0.3 is 0 Å². The Morgan fingerprint density at radius 2 is 0.930 bits per heavy atom. The third-order valence-corrected chi connectivity index (χ3v) is 8.32. The minimum atomic E-state index is 0.943. The summed E-state index contributed by atoms with van der Waals surface area (Å²) in [5.74, 6) is 0. The van der Waals surface area contributed by atoms with E-state index in [1.165, 1.54) is 32.9 Å². The van der Waals surface area contributed by atoms with Gasteiger partial charge in [0.05, 0.1) is 22.4 Å². The maximum atomic E-state index is 4.90. The number of fused-ring (bicyclic) bond motifs is 5. The van der Waals surface area contributed by atoms with Crippen molar-refractivity contribution in [1.82, 2.24) is 23.3 Å². The number of imidazole rings is 2. The average Bonchev–Trinajstić information content (AvgIpc) is 3.78. The molecule has 4 aromatic carbocycles. The highest BCUT2D eigenvalue weighted by atomic mass is 15.0. The Bertz CT molecular complexity index is 2380. The molecule has 0 atom stereocenters. The fraction of sp³-hybridized carbons (Fsp3) is 0. The molecule has 9 aromatic rings. The molecule has 5 heteroatoms. The maximum absolute atomic E-state index is 4.90. The molecule has 9 rings (SSSR count). The molecular formula is C38H25N5. The minimum Gasteiger partial charge on any atom is -0.309 e. The molecule has 5 nitrogen and oxygen atoms in total. The third-order valence-electron chi connectivity index (χ3n) is 8.32. The topological polar surface area (TPSA) is 39.5 Å². The third kappa shape index (κ3) is 3.86. The minimum absolute atomic E-state index is 0.943. The highest BCUT2D eigenvalue weighted by Gasteiger charge is 2.15. The van der Waals surface area contributed by atoms with Crippen molar-refractivity contribution in [3.05, 3.63) is 152 Å². The standard InChI is InChI=1S/C38H25N5/c1-2-8-30(9-3-1)43-35-18-16-28(26-12-14-27(15-13-26)33-24-41-20-6-4-10-37(41)39-33)22-31(35)32-23-29(17-19-36(32)43)34-25-42-21-7-5-11-38(42)40-34/h1-25H. The first kappa shape index (κ1) is 23.7. The first-order valence-electron chi connectivity index (χ1n) is 14.4. The van der Waals surface area contributed by atoms with E-state index in [4.69, 9.17) is 9.97 Å². The smallest absolute Gasteiger partial charge is 0.137 e. The Kier molecular flexibility index (Phi) is 5.13. The highest BCUT2D eigenvalue weighted by molar-refractivity contribution is 6.11. The molecule has 202 valence electrons. The van der Waals surface area contributed by atoms with Gasteiger partial charge < -0.3 is 13.4 Å². The van der Waals surface area contributed by atoms with E-state index in [-0.39, 0.29) is 0 Å². The Morgan fingerprint density at radius 3 is 1.56 bits per heavy atom. The lowest BCUT2D eigenvalue weighted by molar-refractivity contribution is 1.18. The molecule has 0 saturated carbocycles. The van der Waals surface area contributed by atoms with Crippen LogP contribution >= 0.6 is 0 Å². The predicted molar refractivity (Wildman–Crippen MR) is 175 cm³/mol. The molecule has 0 amide bonds. The van der Waals surface area contributed by atoms with Gasteiger partial charge in [-0.3, -0.25) is 0 Å². The van der Waals surface area contributed by atoms with Crippen molar-refractivity contribution in [2.75, 3.05) is 0 Å². The van der Waals surface area contributed by atoms with E-state index in [0.717, 1.165) is 39.5 Å². The van der Waals surface area contributed by atoms with Crippen LogP contribution in [0.3, 0.4) is 0 Å². The lowest BCUT2D eigenvalue weighted by Gasteiger charge is -2.08. The maximum Gasteiger partial charge on any atom is 0.137 e. The van der Waals surface area contributed by atoms with Crippen molar-refractivity contribution < 1.29 is 0 Å². The second-order valence-corrected chi connectivity index (χ2v) is 10.9. The van der Waals surface area contributed by atoms with Crippen molar-refractivity contribution in [2.24, 2.45) is 0 Å². The molecular weight excluding hydrogens is 526 g/mol. The number of hydrogen-bond donors (Lipinski definition) is 0. The quantitative estimate of drug-likeness (QED) is 0.219. The monoisotopic (exact) mass is 551 g/mol. The zero-order valence-electron chi connectivity index (χ0n) is 23.2. The molecule has 0 aliphatic carbocycles. The van der Waals surface area contributed by atoms with Gasteiger partial charge in [-0.2, -0.15) is 0 Å². The van der Waals surface area contributed by atoms with Gasteiger partial charge in [0, 0.05) is 52.4 Å². The summed E-state index contributed by atoms with van der Waals surface area (Å²) in [7, 11) is 0. The molecule has 5 aromatic heterocycles. The lowest BCUT2D eigenvalue weighted by atomic mass is 10.0. The summed E-state index contributed by atoms with van der Waals surface area (Å²) in [6.07, 6.45) is 8.25. The van der Waals surface area contributed by atoms with Crippen LogP contribution in [-0.2, 0) is 0 Å². The van der Waals surface area contributed by atoms with Gasteiger partial charge in [0.1, 0.15) is 11.3 Å². The highest BCUT2D eigenvalue weighted by Crippen LogP contribution is 2.37. The van der Waals surface area contributed by atoms with Crippen LogP contribution in [0.2, 0.25) is 0 Å². The number of pyridine rings is 2. The van der Waals surface area contributed by atoms with Crippen LogP contribution in [0.25, 0.3) is 72.4 Å². The summed E-state index contributed by atoms with van der Waals surface area (Å²) in [4.78, 5) is 9.69. The van der Waals surface area contributed by atoms with E-state index >= 15 is 0 Å². The molecule has 0 fully saturated rings. The van der Waals surface area contributed by atoms with Crippen molar-refractivity contribution in [3.8, 4) is 39.3 Å². The van der Waals surface area contributed by atoms with Crippen LogP contribution in [0.4, 0.5) is 0 Å². The van der Waals surface area contributed by atoms with Gasteiger partial charge in [0.2, 0.25) is 0 Å². The van der Waals surface area contributed by atoms with E-state index in [0.29, 0.717) is 0 Å². The summed E-state index contributed by atoms with van der Waals surface area (Å²) in [6.45, 7) is 0. The SMILES string of the molecule is c1ccc(-n2c3ccc(-c4ccc(-c5cn6ccccc6n5)cc4)cc3c3cc(-c4cn5ccccc5n4)ccc32)cc1. The van der Waals surface area contributed by atoms with Gasteiger partial charge in [-0.05, 0) is 71.8 Å². The molecule has 0 aliphatic heterocycles. The fourth-order valence-electron chi connectivity index (χ4n) is 6.20. The Morgan fingerprint density at radius 1 is 0.419 bits per heavy atom. The van der Waals surface area contributed by atoms with Gasteiger partial charge in [-0.1, -0.05) is 66.7 Å². The van der Waals surface area contributed by atoms with Crippen LogP contribution < -0.4 is 0 Å². The summed E-state index contributed by atoms with van der Waals surface area (Å²) in [6, 6.07) is 44.9. The number of nitrogens with zero attached hydrogens (tertiary/aromatic N) is 5. The van der Waals surface area contributed by atoms with Crippen LogP contribution in [0, 0.1) is 0 Å². The van der Waals surface area contributed by atoms with Crippen molar-refractivity contribution in [1.29, 1.82) is 0 Å². The van der Waals surface area contributed by atoms with Gasteiger partial charge in [0.25, 0.3) is 0 Å². The van der Waals surface area contributed by atoms with Crippen LogP contribution in [0.15, 0.2) is 152 Å². The molecule has 0 radical (unpaired) electrons. The Labute approximate surface area is 247 Å². The van der Waals surface area contributed by atoms with Crippen LogP contribution in [0.5, 0.6) is 0 Å². The average molecular weight is 552 g/mol. The van der Waals surface area contributed by atoms with Gasteiger partial charge in [0.15, 0.2) is 0 Å². The molecule has 0 bridgehead atoms. The number of benzene rings is 4. The Balaban J connectivity index is 1.19.